The van der Waals surface area contributed by atoms with Gasteiger partial charge in [0, 0.05) is 7.05 Å². The molecular weight excluding hydrogens is 182 g/mol. The fraction of sp³-hybridized carbons (Fsp3) is 0.778. The van der Waals surface area contributed by atoms with E-state index in [-0.39, 0.29) is 12.4 Å². The summed E-state index contributed by atoms with van der Waals surface area (Å²) in [6.45, 7) is 2.78. The highest BCUT2D eigenvalue weighted by Crippen LogP contribution is 2.25. The van der Waals surface area contributed by atoms with Crippen LogP contribution in [0, 0.1) is 0 Å². The van der Waals surface area contributed by atoms with Gasteiger partial charge in [0.05, 0.1) is 12.7 Å². The SMILES string of the molecule is CCCC1COC(c2ncn(C)n2)O1. The average molecular weight is 197 g/mol. The Balaban J connectivity index is 1.95. The topological polar surface area (TPSA) is 49.2 Å². The highest BCUT2D eigenvalue weighted by atomic mass is 16.7. The first-order chi connectivity index (χ1) is 6.79. The van der Waals surface area contributed by atoms with Crippen molar-refractivity contribution in [3.05, 3.63) is 12.2 Å². The molecule has 1 aliphatic heterocycles. The first-order valence-electron chi connectivity index (χ1n) is 4.92. The van der Waals surface area contributed by atoms with Crippen molar-refractivity contribution in [3.8, 4) is 0 Å². The van der Waals surface area contributed by atoms with Crippen molar-refractivity contribution >= 4 is 0 Å². The van der Waals surface area contributed by atoms with Gasteiger partial charge in [-0.2, -0.15) is 5.10 Å². The largest absolute Gasteiger partial charge is 0.343 e. The zero-order chi connectivity index (χ0) is 9.97. The summed E-state index contributed by atoms with van der Waals surface area (Å²) in [4.78, 5) is 4.09. The summed E-state index contributed by atoms with van der Waals surface area (Å²) in [5.41, 5.74) is 0. The van der Waals surface area contributed by atoms with E-state index in [1.165, 1.54) is 0 Å². The molecule has 0 spiro atoms. The van der Waals surface area contributed by atoms with E-state index in [2.05, 4.69) is 17.0 Å². The van der Waals surface area contributed by atoms with Crippen LogP contribution in [0.1, 0.15) is 31.9 Å². The Labute approximate surface area is 83.0 Å². The lowest BCUT2D eigenvalue weighted by atomic mass is 10.2. The molecule has 0 aromatic carbocycles. The summed E-state index contributed by atoms with van der Waals surface area (Å²) in [5.74, 6) is 0.617. The molecule has 5 nitrogen and oxygen atoms in total. The normalized spacial score (nSPS) is 27.0. The highest BCUT2D eigenvalue weighted by Gasteiger charge is 2.29. The Bertz CT molecular complexity index is 300. The molecule has 1 aliphatic rings. The molecule has 0 radical (unpaired) electrons. The molecule has 2 unspecified atom stereocenters. The Morgan fingerprint density at radius 1 is 1.64 bits per heavy atom. The number of hydrogen-bond donors (Lipinski definition) is 0. The minimum absolute atomic E-state index is 0.203. The Morgan fingerprint density at radius 3 is 3.14 bits per heavy atom. The number of rotatable bonds is 3. The molecule has 1 saturated heterocycles. The van der Waals surface area contributed by atoms with Gasteiger partial charge in [-0.05, 0) is 6.42 Å². The number of nitrogens with zero attached hydrogens (tertiary/aromatic N) is 3. The van der Waals surface area contributed by atoms with Gasteiger partial charge in [0.2, 0.25) is 12.1 Å². The van der Waals surface area contributed by atoms with Gasteiger partial charge in [0.1, 0.15) is 6.33 Å². The van der Waals surface area contributed by atoms with Crippen molar-refractivity contribution < 1.29 is 9.47 Å². The molecule has 2 rings (SSSR count). The second-order valence-corrected chi connectivity index (χ2v) is 3.49. The van der Waals surface area contributed by atoms with Gasteiger partial charge in [0.25, 0.3) is 0 Å². The molecule has 1 aromatic rings. The molecule has 0 bridgehead atoms. The van der Waals surface area contributed by atoms with Crippen LogP contribution in [-0.4, -0.2) is 27.5 Å². The molecule has 14 heavy (non-hydrogen) atoms. The molecular formula is C9H15N3O2. The molecule has 0 aliphatic carbocycles. The van der Waals surface area contributed by atoms with Crippen LogP contribution in [0.25, 0.3) is 0 Å². The average Bonchev–Trinajstić information content (AvgIpc) is 2.74. The molecule has 0 saturated carbocycles. The summed E-state index contributed by atoms with van der Waals surface area (Å²) < 4.78 is 12.7. The quantitative estimate of drug-likeness (QED) is 0.726. The van der Waals surface area contributed by atoms with Crippen LogP contribution in [0.4, 0.5) is 0 Å². The van der Waals surface area contributed by atoms with Crippen molar-refractivity contribution in [2.24, 2.45) is 7.05 Å². The monoisotopic (exact) mass is 197 g/mol. The van der Waals surface area contributed by atoms with Crippen LogP contribution >= 0.6 is 0 Å². The van der Waals surface area contributed by atoms with Crippen molar-refractivity contribution in [2.75, 3.05) is 6.61 Å². The molecule has 5 heteroatoms. The predicted octanol–water partition coefficient (Wildman–Crippen LogP) is 1.03. The lowest BCUT2D eigenvalue weighted by molar-refractivity contribution is -0.0672. The van der Waals surface area contributed by atoms with E-state index in [1.54, 1.807) is 11.0 Å². The minimum Gasteiger partial charge on any atom is -0.343 e. The maximum Gasteiger partial charge on any atom is 0.221 e. The lowest BCUT2D eigenvalue weighted by Crippen LogP contribution is -2.09. The van der Waals surface area contributed by atoms with Gasteiger partial charge < -0.3 is 9.47 Å². The third-order valence-electron chi connectivity index (χ3n) is 2.19. The predicted molar refractivity (Wildman–Crippen MR) is 49.5 cm³/mol. The molecule has 2 atom stereocenters. The second-order valence-electron chi connectivity index (χ2n) is 3.49. The Hall–Kier alpha value is -0.940. The second kappa shape index (κ2) is 4.06. The number of aryl methyl sites for hydroxylation is 1. The van der Waals surface area contributed by atoms with Crippen LogP contribution in [-0.2, 0) is 16.5 Å². The van der Waals surface area contributed by atoms with Crippen LogP contribution in [0.5, 0.6) is 0 Å². The van der Waals surface area contributed by atoms with Crippen molar-refractivity contribution in [1.82, 2.24) is 14.8 Å². The third-order valence-corrected chi connectivity index (χ3v) is 2.19. The maximum atomic E-state index is 5.64. The summed E-state index contributed by atoms with van der Waals surface area (Å²) in [6, 6.07) is 0. The van der Waals surface area contributed by atoms with Gasteiger partial charge >= 0.3 is 0 Å². The van der Waals surface area contributed by atoms with Crippen molar-refractivity contribution in [2.45, 2.75) is 32.2 Å². The molecule has 1 aromatic heterocycles. The van der Waals surface area contributed by atoms with E-state index in [0.717, 1.165) is 12.8 Å². The standard InChI is InChI=1S/C9H15N3O2/c1-3-4-7-5-13-9(14-7)8-10-6-12(2)11-8/h6-7,9H,3-5H2,1-2H3. The first-order valence-corrected chi connectivity index (χ1v) is 4.92. The van der Waals surface area contributed by atoms with Gasteiger partial charge in [-0.15, -0.1) is 0 Å². The van der Waals surface area contributed by atoms with Crippen LogP contribution in [0.15, 0.2) is 6.33 Å². The molecule has 1 fully saturated rings. The van der Waals surface area contributed by atoms with Crippen molar-refractivity contribution in [3.63, 3.8) is 0 Å². The smallest absolute Gasteiger partial charge is 0.221 e. The van der Waals surface area contributed by atoms with E-state index < -0.39 is 0 Å². The van der Waals surface area contributed by atoms with Crippen LogP contribution in [0.2, 0.25) is 0 Å². The maximum absolute atomic E-state index is 5.64. The highest BCUT2D eigenvalue weighted by molar-refractivity contribution is 4.86. The minimum atomic E-state index is -0.368. The van der Waals surface area contributed by atoms with E-state index in [0.29, 0.717) is 12.4 Å². The summed E-state index contributed by atoms with van der Waals surface area (Å²) in [5, 5.41) is 4.14. The molecule has 78 valence electrons. The van der Waals surface area contributed by atoms with Crippen LogP contribution in [0.3, 0.4) is 0 Å². The number of aromatic nitrogens is 3. The van der Waals surface area contributed by atoms with Gasteiger partial charge in [0.15, 0.2) is 0 Å². The fourth-order valence-corrected chi connectivity index (χ4v) is 1.52. The van der Waals surface area contributed by atoms with Gasteiger partial charge in [-0.1, -0.05) is 13.3 Å². The van der Waals surface area contributed by atoms with Crippen LogP contribution < -0.4 is 0 Å². The zero-order valence-electron chi connectivity index (χ0n) is 8.51. The number of ether oxygens (including phenoxy) is 2. The van der Waals surface area contributed by atoms with Gasteiger partial charge in [-0.3, -0.25) is 4.68 Å². The molecule has 0 amide bonds. The summed E-state index contributed by atoms with van der Waals surface area (Å²) in [7, 11) is 1.83. The summed E-state index contributed by atoms with van der Waals surface area (Å²) >= 11 is 0. The van der Waals surface area contributed by atoms with E-state index in [4.69, 9.17) is 9.47 Å². The number of hydrogen-bond acceptors (Lipinski definition) is 4. The van der Waals surface area contributed by atoms with E-state index in [1.807, 2.05) is 7.05 Å². The molecule has 2 heterocycles. The third kappa shape index (κ3) is 1.93. The van der Waals surface area contributed by atoms with Gasteiger partial charge in [-0.25, -0.2) is 4.98 Å². The summed E-state index contributed by atoms with van der Waals surface area (Å²) in [6.07, 6.45) is 3.62. The van der Waals surface area contributed by atoms with E-state index >= 15 is 0 Å². The fourth-order valence-electron chi connectivity index (χ4n) is 1.52. The molecule has 0 N–H and O–H groups in total. The lowest BCUT2D eigenvalue weighted by Gasteiger charge is -2.06. The first kappa shape index (κ1) is 9.61. The van der Waals surface area contributed by atoms with E-state index in [9.17, 15) is 0 Å². The Kier molecular flexibility index (Phi) is 2.79. The van der Waals surface area contributed by atoms with Crippen molar-refractivity contribution in [1.29, 1.82) is 0 Å². The zero-order valence-corrected chi connectivity index (χ0v) is 8.51. The Morgan fingerprint density at radius 2 is 2.50 bits per heavy atom.